The van der Waals surface area contributed by atoms with Gasteiger partial charge < -0.3 is 0 Å². The SMILES string of the molecule is N#Cc1ccc(N2C(=O)N(c3cc(Cl)cc(Cl)c3)C3CCCCC32)cc1C(F)(F)F. The van der Waals surface area contributed by atoms with Gasteiger partial charge in [-0.15, -0.1) is 0 Å². The maximum absolute atomic E-state index is 13.5. The first-order valence-corrected chi connectivity index (χ1v) is 10.2. The van der Waals surface area contributed by atoms with Gasteiger partial charge in [0.25, 0.3) is 0 Å². The summed E-state index contributed by atoms with van der Waals surface area (Å²) in [6, 6.07) is 8.86. The Morgan fingerprint density at radius 2 is 1.50 bits per heavy atom. The Kier molecular flexibility index (Phi) is 5.33. The minimum atomic E-state index is -4.70. The highest BCUT2D eigenvalue weighted by Crippen LogP contribution is 2.42. The van der Waals surface area contributed by atoms with Gasteiger partial charge in [0.2, 0.25) is 0 Å². The van der Waals surface area contributed by atoms with Crippen molar-refractivity contribution in [2.24, 2.45) is 0 Å². The van der Waals surface area contributed by atoms with Crippen molar-refractivity contribution in [1.29, 1.82) is 5.26 Å². The van der Waals surface area contributed by atoms with E-state index in [0.29, 0.717) is 22.2 Å². The van der Waals surface area contributed by atoms with Crippen LogP contribution in [0, 0.1) is 11.3 Å². The number of hydrogen-bond acceptors (Lipinski definition) is 2. The van der Waals surface area contributed by atoms with Crippen LogP contribution in [0.3, 0.4) is 0 Å². The van der Waals surface area contributed by atoms with Crippen LogP contribution in [-0.2, 0) is 6.18 Å². The van der Waals surface area contributed by atoms with E-state index < -0.39 is 23.3 Å². The summed E-state index contributed by atoms with van der Waals surface area (Å²) in [5.41, 5.74) is -0.885. The average Bonchev–Trinajstić information content (AvgIpc) is 2.98. The number of halogens is 5. The summed E-state index contributed by atoms with van der Waals surface area (Å²) >= 11 is 12.2. The highest BCUT2D eigenvalue weighted by Gasteiger charge is 2.48. The Morgan fingerprint density at radius 3 is 2.03 bits per heavy atom. The smallest absolute Gasteiger partial charge is 0.289 e. The summed E-state index contributed by atoms with van der Waals surface area (Å²) < 4.78 is 40.4. The topological polar surface area (TPSA) is 47.3 Å². The Bertz CT molecular complexity index is 1030. The summed E-state index contributed by atoms with van der Waals surface area (Å²) in [4.78, 5) is 16.4. The molecule has 0 radical (unpaired) electrons. The fourth-order valence-corrected chi connectivity index (χ4v) is 4.90. The molecule has 2 aromatic rings. The van der Waals surface area contributed by atoms with Crippen molar-refractivity contribution in [1.82, 2.24) is 0 Å². The van der Waals surface area contributed by atoms with Crippen LogP contribution >= 0.6 is 23.2 Å². The molecule has 1 saturated heterocycles. The highest BCUT2D eigenvalue weighted by atomic mass is 35.5. The monoisotopic (exact) mass is 453 g/mol. The van der Waals surface area contributed by atoms with Crippen molar-refractivity contribution in [3.8, 4) is 6.07 Å². The van der Waals surface area contributed by atoms with Gasteiger partial charge in [0.15, 0.2) is 0 Å². The number of anilines is 2. The van der Waals surface area contributed by atoms with Crippen LogP contribution in [0.25, 0.3) is 0 Å². The first-order chi connectivity index (χ1) is 14.2. The van der Waals surface area contributed by atoms with Crippen molar-refractivity contribution in [2.75, 3.05) is 9.80 Å². The maximum Gasteiger partial charge on any atom is 0.417 e. The molecule has 2 unspecified atom stereocenters. The molecule has 1 aliphatic carbocycles. The number of nitrogens with zero attached hydrogens (tertiary/aromatic N) is 3. The van der Waals surface area contributed by atoms with Gasteiger partial charge in [-0.1, -0.05) is 36.0 Å². The number of urea groups is 1. The average molecular weight is 454 g/mol. The van der Waals surface area contributed by atoms with E-state index in [9.17, 15) is 18.0 Å². The summed E-state index contributed by atoms with van der Waals surface area (Å²) in [5.74, 6) is 0. The summed E-state index contributed by atoms with van der Waals surface area (Å²) in [5, 5.41) is 9.79. The van der Waals surface area contributed by atoms with Gasteiger partial charge in [-0.25, -0.2) is 4.79 Å². The highest BCUT2D eigenvalue weighted by molar-refractivity contribution is 6.35. The van der Waals surface area contributed by atoms with Crippen molar-refractivity contribution >= 4 is 40.6 Å². The van der Waals surface area contributed by atoms with Crippen LogP contribution in [-0.4, -0.2) is 18.1 Å². The molecule has 2 atom stereocenters. The second kappa shape index (κ2) is 7.68. The Hall–Kier alpha value is -2.43. The second-order valence-electron chi connectivity index (χ2n) is 7.41. The Labute approximate surface area is 181 Å². The predicted molar refractivity (Wildman–Crippen MR) is 109 cm³/mol. The Morgan fingerprint density at radius 1 is 0.933 bits per heavy atom. The van der Waals surface area contributed by atoms with E-state index in [-0.39, 0.29) is 17.8 Å². The fourth-order valence-electron chi connectivity index (χ4n) is 4.39. The first kappa shape index (κ1) is 20.8. The predicted octanol–water partition coefficient (Wildman–Crippen LogP) is 6.64. The fraction of sp³-hybridized carbons (Fsp3) is 0.333. The van der Waals surface area contributed by atoms with Gasteiger partial charge in [-0.2, -0.15) is 18.4 Å². The van der Waals surface area contributed by atoms with Crippen LogP contribution in [0.2, 0.25) is 10.0 Å². The third-order valence-corrected chi connectivity index (χ3v) is 6.04. The van der Waals surface area contributed by atoms with E-state index in [1.165, 1.54) is 11.0 Å². The molecular formula is C21H16Cl2F3N3O. The van der Waals surface area contributed by atoms with Crippen LogP contribution in [0.15, 0.2) is 36.4 Å². The van der Waals surface area contributed by atoms with Crippen LogP contribution in [0.5, 0.6) is 0 Å². The van der Waals surface area contributed by atoms with Crippen molar-refractivity contribution in [3.63, 3.8) is 0 Å². The van der Waals surface area contributed by atoms with Crippen LogP contribution in [0.4, 0.5) is 29.3 Å². The number of nitriles is 1. The van der Waals surface area contributed by atoms with Gasteiger partial charge in [-0.05, 0) is 49.2 Å². The normalized spacial score (nSPS) is 21.5. The number of carbonyl (C=O) groups excluding carboxylic acids is 1. The first-order valence-electron chi connectivity index (χ1n) is 9.40. The standard InChI is InChI=1S/C21H16Cl2F3N3O/c22-13-7-14(23)9-16(8-13)29-19-4-2-1-3-18(19)28(20(29)30)15-6-5-12(11-27)17(10-15)21(24,25)26/h5-10,18-19H,1-4H2. The summed E-state index contributed by atoms with van der Waals surface area (Å²) in [7, 11) is 0. The molecule has 2 aromatic carbocycles. The molecule has 2 aliphatic rings. The number of rotatable bonds is 2. The van der Waals surface area contributed by atoms with Crippen LogP contribution in [0.1, 0.15) is 36.8 Å². The molecule has 4 rings (SSSR count). The van der Waals surface area contributed by atoms with E-state index in [2.05, 4.69) is 0 Å². The van der Waals surface area contributed by atoms with Crippen molar-refractivity contribution in [2.45, 2.75) is 43.9 Å². The largest absolute Gasteiger partial charge is 0.417 e. The number of amides is 2. The molecule has 9 heteroatoms. The minimum Gasteiger partial charge on any atom is -0.289 e. The number of alkyl halides is 3. The number of fused-ring (bicyclic) bond motifs is 1. The molecule has 0 bridgehead atoms. The molecule has 1 aliphatic heterocycles. The van der Waals surface area contributed by atoms with Gasteiger partial charge >= 0.3 is 12.2 Å². The lowest BCUT2D eigenvalue weighted by atomic mass is 9.89. The maximum atomic E-state index is 13.5. The van der Waals surface area contributed by atoms with Gasteiger partial charge in [0.05, 0.1) is 29.3 Å². The zero-order valence-corrected chi connectivity index (χ0v) is 17.1. The molecule has 0 aromatic heterocycles. The third-order valence-electron chi connectivity index (χ3n) is 5.60. The summed E-state index contributed by atoms with van der Waals surface area (Å²) in [6.45, 7) is 0. The minimum absolute atomic E-state index is 0.124. The Balaban J connectivity index is 1.81. The molecule has 1 heterocycles. The zero-order chi connectivity index (χ0) is 21.6. The lowest BCUT2D eigenvalue weighted by molar-refractivity contribution is -0.137. The second-order valence-corrected chi connectivity index (χ2v) is 8.28. The van der Waals surface area contributed by atoms with Gasteiger partial charge in [-0.3, -0.25) is 9.80 Å². The van der Waals surface area contributed by atoms with Gasteiger partial charge in [0.1, 0.15) is 0 Å². The van der Waals surface area contributed by atoms with Crippen LogP contribution < -0.4 is 9.80 Å². The van der Waals surface area contributed by atoms with E-state index in [1.54, 1.807) is 29.2 Å². The molecular weight excluding hydrogens is 438 g/mol. The molecule has 156 valence electrons. The molecule has 0 N–H and O–H groups in total. The van der Waals surface area contributed by atoms with E-state index >= 15 is 0 Å². The quantitative estimate of drug-likeness (QED) is 0.511. The lowest BCUT2D eigenvalue weighted by Crippen LogP contribution is -2.40. The lowest BCUT2D eigenvalue weighted by Gasteiger charge is -2.32. The van der Waals surface area contributed by atoms with Gasteiger partial charge in [0, 0.05) is 21.4 Å². The number of benzene rings is 2. The van der Waals surface area contributed by atoms with E-state index in [1.807, 2.05) is 0 Å². The third kappa shape index (κ3) is 3.59. The molecule has 1 saturated carbocycles. The van der Waals surface area contributed by atoms with Crippen molar-refractivity contribution in [3.05, 3.63) is 57.6 Å². The number of carbonyl (C=O) groups is 1. The summed E-state index contributed by atoms with van der Waals surface area (Å²) in [6.07, 6.45) is -1.52. The van der Waals surface area contributed by atoms with E-state index in [4.69, 9.17) is 28.5 Å². The zero-order valence-electron chi connectivity index (χ0n) is 15.6. The van der Waals surface area contributed by atoms with E-state index in [0.717, 1.165) is 31.4 Å². The molecule has 0 spiro atoms. The molecule has 2 fully saturated rings. The van der Waals surface area contributed by atoms with Crippen molar-refractivity contribution < 1.29 is 18.0 Å². The number of hydrogen-bond donors (Lipinski definition) is 0. The molecule has 4 nitrogen and oxygen atoms in total. The molecule has 30 heavy (non-hydrogen) atoms. The molecule has 2 amide bonds.